The van der Waals surface area contributed by atoms with Crippen molar-refractivity contribution in [2.45, 2.75) is 51.6 Å². The van der Waals surface area contributed by atoms with Crippen LogP contribution in [0.4, 0.5) is 5.69 Å². The van der Waals surface area contributed by atoms with Gasteiger partial charge in [0.15, 0.2) is 5.78 Å². The number of benzene rings is 2. The minimum absolute atomic E-state index is 0.211. The summed E-state index contributed by atoms with van der Waals surface area (Å²) >= 11 is 0. The molecular formula is C23H29NO2. The largest absolute Gasteiger partial charge is 0.385 e. The third kappa shape index (κ3) is 3.83. The van der Waals surface area contributed by atoms with Gasteiger partial charge in [-0.25, -0.2) is 0 Å². The Bertz CT molecular complexity index is 743. The first-order valence-corrected chi connectivity index (χ1v) is 9.76. The topological polar surface area (TPSA) is 40.5 Å². The normalized spacial score (nSPS) is 16.5. The molecule has 0 bridgehead atoms. The van der Waals surface area contributed by atoms with E-state index in [1.54, 1.807) is 0 Å². The van der Waals surface area contributed by atoms with Gasteiger partial charge < -0.3 is 10.0 Å². The molecule has 2 aromatic carbocycles. The maximum Gasteiger partial charge on any atom is 0.162 e. The van der Waals surface area contributed by atoms with Gasteiger partial charge in [-0.2, -0.15) is 0 Å². The van der Waals surface area contributed by atoms with Crippen molar-refractivity contribution < 1.29 is 9.90 Å². The molecule has 1 aliphatic rings. The molecule has 1 N–H and O–H groups in total. The Hall–Kier alpha value is -2.13. The van der Waals surface area contributed by atoms with Crippen molar-refractivity contribution in [1.29, 1.82) is 0 Å². The lowest BCUT2D eigenvalue weighted by atomic mass is 9.81. The lowest BCUT2D eigenvalue weighted by molar-refractivity contribution is 0.0110. The Morgan fingerprint density at radius 2 is 1.69 bits per heavy atom. The fourth-order valence-electron chi connectivity index (χ4n) is 3.92. The molecule has 1 fully saturated rings. The van der Waals surface area contributed by atoms with Crippen LogP contribution < -0.4 is 4.90 Å². The van der Waals surface area contributed by atoms with Crippen LogP contribution in [0.3, 0.4) is 0 Å². The second-order valence-electron chi connectivity index (χ2n) is 7.25. The van der Waals surface area contributed by atoms with E-state index in [2.05, 4.69) is 24.0 Å². The first kappa shape index (κ1) is 18.7. The van der Waals surface area contributed by atoms with Crippen molar-refractivity contribution in [3.63, 3.8) is 0 Å². The number of hydrogen-bond acceptors (Lipinski definition) is 3. The summed E-state index contributed by atoms with van der Waals surface area (Å²) in [6.07, 6.45) is 3.87. The second-order valence-corrected chi connectivity index (χ2v) is 7.25. The molecule has 26 heavy (non-hydrogen) atoms. The van der Waals surface area contributed by atoms with E-state index < -0.39 is 5.60 Å². The van der Waals surface area contributed by atoms with Gasteiger partial charge in [-0.05, 0) is 61.1 Å². The second kappa shape index (κ2) is 8.05. The van der Waals surface area contributed by atoms with E-state index in [4.69, 9.17) is 0 Å². The van der Waals surface area contributed by atoms with Crippen LogP contribution >= 0.6 is 0 Å². The van der Waals surface area contributed by atoms with E-state index in [0.717, 1.165) is 55.6 Å². The molecule has 1 saturated heterocycles. The van der Waals surface area contributed by atoms with Gasteiger partial charge in [-0.3, -0.25) is 4.79 Å². The standard InChI is InChI=1S/C23H29NO2/c1-3-7-22(25)19-10-12-20(13-11-19)24-16-14-23(26,15-17-24)21-9-6-5-8-18(21)4-2/h5-6,8-13,26H,3-4,7,14-17H2,1-2H3. The van der Waals surface area contributed by atoms with Crippen LogP contribution in [0.2, 0.25) is 0 Å². The average molecular weight is 351 g/mol. The Kier molecular flexibility index (Phi) is 5.77. The van der Waals surface area contributed by atoms with Gasteiger partial charge in [0.05, 0.1) is 5.60 Å². The highest BCUT2D eigenvalue weighted by atomic mass is 16.3. The average Bonchev–Trinajstić information content (AvgIpc) is 2.69. The number of carbonyl (C=O) groups is 1. The molecule has 1 heterocycles. The smallest absolute Gasteiger partial charge is 0.162 e. The SMILES string of the molecule is CCCC(=O)c1ccc(N2CCC(O)(c3ccccc3CC)CC2)cc1. The fourth-order valence-corrected chi connectivity index (χ4v) is 3.92. The summed E-state index contributed by atoms with van der Waals surface area (Å²) in [7, 11) is 0. The summed E-state index contributed by atoms with van der Waals surface area (Å²) in [4.78, 5) is 14.3. The van der Waals surface area contributed by atoms with Crippen LogP contribution in [-0.2, 0) is 12.0 Å². The van der Waals surface area contributed by atoms with E-state index in [1.165, 1.54) is 5.56 Å². The third-order valence-corrected chi connectivity index (χ3v) is 5.52. The van der Waals surface area contributed by atoms with Crippen molar-refractivity contribution >= 4 is 11.5 Å². The zero-order chi connectivity index (χ0) is 18.6. The fraction of sp³-hybridized carbons (Fsp3) is 0.435. The highest BCUT2D eigenvalue weighted by molar-refractivity contribution is 5.96. The number of Topliss-reactive ketones (excluding diaryl/α,β-unsaturated/α-hetero) is 1. The van der Waals surface area contributed by atoms with Crippen LogP contribution in [0.1, 0.15) is 61.0 Å². The minimum Gasteiger partial charge on any atom is -0.385 e. The molecule has 0 radical (unpaired) electrons. The Labute approximate surface area is 156 Å². The molecule has 0 amide bonds. The number of aliphatic hydroxyl groups is 1. The zero-order valence-electron chi connectivity index (χ0n) is 15.9. The van der Waals surface area contributed by atoms with Crippen LogP contribution in [0.15, 0.2) is 48.5 Å². The molecular weight excluding hydrogens is 322 g/mol. The van der Waals surface area contributed by atoms with Crippen molar-refractivity contribution in [2.24, 2.45) is 0 Å². The van der Waals surface area contributed by atoms with Crippen LogP contribution in [0.25, 0.3) is 0 Å². The molecule has 138 valence electrons. The number of piperidine rings is 1. The number of nitrogens with zero attached hydrogens (tertiary/aromatic N) is 1. The quantitative estimate of drug-likeness (QED) is 0.766. The first-order chi connectivity index (χ1) is 12.6. The summed E-state index contributed by atoms with van der Waals surface area (Å²) in [5.41, 5.74) is 3.51. The molecule has 3 heteroatoms. The van der Waals surface area contributed by atoms with E-state index in [9.17, 15) is 9.90 Å². The number of ketones is 1. The van der Waals surface area contributed by atoms with Gasteiger partial charge in [0.2, 0.25) is 0 Å². The Balaban J connectivity index is 1.69. The van der Waals surface area contributed by atoms with Gasteiger partial charge in [0, 0.05) is 30.8 Å². The number of hydrogen-bond donors (Lipinski definition) is 1. The number of anilines is 1. The van der Waals surface area contributed by atoms with Crippen molar-refractivity contribution in [1.82, 2.24) is 0 Å². The summed E-state index contributed by atoms with van der Waals surface area (Å²) in [6, 6.07) is 16.2. The highest BCUT2D eigenvalue weighted by Gasteiger charge is 2.35. The molecule has 1 aliphatic heterocycles. The molecule has 0 spiro atoms. The van der Waals surface area contributed by atoms with Crippen LogP contribution in [0, 0.1) is 0 Å². The monoisotopic (exact) mass is 351 g/mol. The van der Waals surface area contributed by atoms with E-state index in [1.807, 2.05) is 43.3 Å². The molecule has 0 atom stereocenters. The van der Waals surface area contributed by atoms with Crippen LogP contribution in [0.5, 0.6) is 0 Å². The molecule has 0 saturated carbocycles. The number of aryl methyl sites for hydroxylation is 1. The summed E-state index contributed by atoms with van der Waals surface area (Å²) < 4.78 is 0. The minimum atomic E-state index is -0.736. The Morgan fingerprint density at radius 1 is 1.04 bits per heavy atom. The van der Waals surface area contributed by atoms with Gasteiger partial charge in [-0.1, -0.05) is 38.1 Å². The van der Waals surface area contributed by atoms with Crippen molar-refractivity contribution in [3.05, 3.63) is 65.2 Å². The molecule has 3 rings (SSSR count). The summed E-state index contributed by atoms with van der Waals surface area (Å²) in [5, 5.41) is 11.2. The summed E-state index contributed by atoms with van der Waals surface area (Å²) in [6.45, 7) is 5.80. The molecule has 0 unspecified atom stereocenters. The molecule has 3 nitrogen and oxygen atoms in total. The lowest BCUT2D eigenvalue weighted by Gasteiger charge is -2.40. The van der Waals surface area contributed by atoms with Gasteiger partial charge >= 0.3 is 0 Å². The zero-order valence-corrected chi connectivity index (χ0v) is 15.9. The van der Waals surface area contributed by atoms with E-state index in [0.29, 0.717) is 6.42 Å². The van der Waals surface area contributed by atoms with Gasteiger partial charge in [0.25, 0.3) is 0 Å². The van der Waals surface area contributed by atoms with Crippen molar-refractivity contribution in [2.75, 3.05) is 18.0 Å². The summed E-state index contributed by atoms with van der Waals surface area (Å²) in [5.74, 6) is 0.211. The third-order valence-electron chi connectivity index (χ3n) is 5.52. The van der Waals surface area contributed by atoms with Crippen LogP contribution in [-0.4, -0.2) is 24.0 Å². The predicted molar refractivity (Wildman–Crippen MR) is 107 cm³/mol. The molecule has 2 aromatic rings. The van der Waals surface area contributed by atoms with E-state index in [-0.39, 0.29) is 5.78 Å². The maximum atomic E-state index is 12.0. The lowest BCUT2D eigenvalue weighted by Crippen LogP contribution is -2.43. The van der Waals surface area contributed by atoms with Gasteiger partial charge in [0.1, 0.15) is 0 Å². The van der Waals surface area contributed by atoms with Crippen molar-refractivity contribution in [3.8, 4) is 0 Å². The Morgan fingerprint density at radius 3 is 2.31 bits per heavy atom. The highest BCUT2D eigenvalue weighted by Crippen LogP contribution is 2.36. The molecule has 0 aromatic heterocycles. The molecule has 0 aliphatic carbocycles. The number of carbonyl (C=O) groups excluding carboxylic acids is 1. The van der Waals surface area contributed by atoms with Gasteiger partial charge in [-0.15, -0.1) is 0 Å². The number of rotatable bonds is 6. The maximum absolute atomic E-state index is 12.0. The predicted octanol–water partition coefficient (Wildman–Crippen LogP) is 4.72. The first-order valence-electron chi connectivity index (χ1n) is 9.76. The van der Waals surface area contributed by atoms with E-state index >= 15 is 0 Å².